The van der Waals surface area contributed by atoms with Crippen molar-refractivity contribution in [2.75, 3.05) is 0 Å². The molecule has 7 aromatic carbocycles. The van der Waals surface area contributed by atoms with Crippen molar-refractivity contribution >= 4 is 54.5 Å². The Hall–Kier alpha value is -5.67. The van der Waals surface area contributed by atoms with Crippen LogP contribution in [0.25, 0.3) is 82.7 Å². The molecule has 9 aromatic rings. The Morgan fingerprint density at radius 2 is 1.33 bits per heavy atom. The van der Waals surface area contributed by atoms with Crippen LogP contribution in [0.1, 0.15) is 26.3 Å². The van der Waals surface area contributed by atoms with E-state index in [9.17, 15) is 0 Å². The van der Waals surface area contributed by atoms with Crippen LogP contribution in [-0.2, 0) is 5.41 Å². The SMILES string of the molecule is CC(C)(C)c1ccc(-n2c(-c3cccc4c3oc3cc5c(ccc6ccccc65)cc34)nc3ccccc32)c(-c2ccccc2)c1. The molecule has 0 aliphatic rings. The molecule has 0 N–H and O–H groups in total. The maximum absolute atomic E-state index is 6.81. The smallest absolute Gasteiger partial charge is 0.149 e. The minimum Gasteiger partial charge on any atom is -0.455 e. The van der Waals surface area contributed by atoms with Crippen LogP contribution in [0.5, 0.6) is 0 Å². The highest BCUT2D eigenvalue weighted by Crippen LogP contribution is 2.42. The van der Waals surface area contributed by atoms with Crippen molar-refractivity contribution in [3.63, 3.8) is 0 Å². The molecule has 0 unspecified atom stereocenters. The molecule has 0 atom stereocenters. The molecule has 46 heavy (non-hydrogen) atoms. The molecule has 3 heteroatoms. The van der Waals surface area contributed by atoms with Crippen LogP contribution >= 0.6 is 0 Å². The predicted molar refractivity (Wildman–Crippen MR) is 193 cm³/mol. The zero-order chi connectivity index (χ0) is 31.0. The van der Waals surface area contributed by atoms with Gasteiger partial charge in [-0.25, -0.2) is 4.98 Å². The van der Waals surface area contributed by atoms with Gasteiger partial charge in [0.1, 0.15) is 17.0 Å². The number of rotatable bonds is 3. The Kier molecular flexibility index (Phi) is 5.76. The van der Waals surface area contributed by atoms with E-state index in [0.717, 1.165) is 50.0 Å². The van der Waals surface area contributed by atoms with Crippen LogP contribution in [0.3, 0.4) is 0 Å². The number of hydrogen-bond acceptors (Lipinski definition) is 2. The van der Waals surface area contributed by atoms with Gasteiger partial charge in [-0.15, -0.1) is 0 Å². The lowest BCUT2D eigenvalue weighted by Crippen LogP contribution is -2.12. The third kappa shape index (κ3) is 4.09. The van der Waals surface area contributed by atoms with Gasteiger partial charge in [0.05, 0.1) is 22.3 Å². The molecule has 0 spiro atoms. The van der Waals surface area contributed by atoms with Gasteiger partial charge in [0.15, 0.2) is 0 Å². The van der Waals surface area contributed by atoms with Crippen LogP contribution in [0, 0.1) is 0 Å². The third-order valence-corrected chi connectivity index (χ3v) is 9.35. The monoisotopic (exact) mass is 592 g/mol. The average molecular weight is 593 g/mol. The minimum atomic E-state index is 0.0105. The first-order valence-electron chi connectivity index (χ1n) is 15.9. The van der Waals surface area contributed by atoms with Crippen LogP contribution < -0.4 is 0 Å². The second-order valence-electron chi connectivity index (χ2n) is 13.2. The maximum Gasteiger partial charge on any atom is 0.149 e. The third-order valence-electron chi connectivity index (χ3n) is 9.35. The van der Waals surface area contributed by atoms with Crippen molar-refractivity contribution in [2.45, 2.75) is 26.2 Å². The summed E-state index contributed by atoms with van der Waals surface area (Å²) in [5, 5.41) is 7.07. The summed E-state index contributed by atoms with van der Waals surface area (Å²) in [6.45, 7) is 6.80. The Morgan fingerprint density at radius 3 is 2.20 bits per heavy atom. The Balaban J connectivity index is 1.34. The largest absolute Gasteiger partial charge is 0.455 e. The van der Waals surface area contributed by atoms with Gasteiger partial charge < -0.3 is 4.42 Å². The molecule has 2 aromatic heterocycles. The maximum atomic E-state index is 6.81. The highest BCUT2D eigenvalue weighted by Gasteiger charge is 2.23. The Labute approximate surface area is 267 Å². The van der Waals surface area contributed by atoms with Crippen molar-refractivity contribution in [1.82, 2.24) is 9.55 Å². The second kappa shape index (κ2) is 9.92. The molecule has 0 amide bonds. The first-order chi connectivity index (χ1) is 22.4. The van der Waals surface area contributed by atoms with E-state index in [1.54, 1.807) is 0 Å². The fraction of sp³-hybridized carbons (Fsp3) is 0.0930. The van der Waals surface area contributed by atoms with E-state index >= 15 is 0 Å². The fourth-order valence-electron chi connectivity index (χ4n) is 6.97. The van der Waals surface area contributed by atoms with E-state index in [4.69, 9.17) is 9.40 Å². The molecule has 0 aliphatic heterocycles. The Morgan fingerprint density at radius 1 is 0.565 bits per heavy atom. The van der Waals surface area contributed by atoms with Gasteiger partial charge in [-0.2, -0.15) is 0 Å². The normalized spacial score (nSPS) is 12.2. The summed E-state index contributed by atoms with van der Waals surface area (Å²) >= 11 is 0. The van der Waals surface area contributed by atoms with Crippen LogP contribution in [-0.4, -0.2) is 9.55 Å². The van der Waals surface area contributed by atoms with E-state index in [-0.39, 0.29) is 5.41 Å². The molecule has 0 saturated heterocycles. The first kappa shape index (κ1) is 26.7. The van der Waals surface area contributed by atoms with E-state index in [2.05, 4.69) is 165 Å². The molecule has 0 bridgehead atoms. The zero-order valence-electron chi connectivity index (χ0n) is 26.1. The van der Waals surface area contributed by atoms with Gasteiger partial charge in [-0.05, 0) is 80.6 Å². The minimum absolute atomic E-state index is 0.0105. The number of hydrogen-bond donors (Lipinski definition) is 0. The van der Waals surface area contributed by atoms with Crippen LogP contribution in [0.2, 0.25) is 0 Å². The van der Waals surface area contributed by atoms with E-state index < -0.39 is 0 Å². The van der Waals surface area contributed by atoms with Crippen molar-refractivity contribution in [2.24, 2.45) is 0 Å². The molecule has 0 fully saturated rings. The Bertz CT molecular complexity index is 2620. The van der Waals surface area contributed by atoms with Gasteiger partial charge in [-0.1, -0.05) is 118 Å². The summed E-state index contributed by atoms with van der Waals surface area (Å²) in [5.41, 5.74) is 9.45. The molecule has 220 valence electrons. The molecule has 0 radical (unpaired) electrons. The zero-order valence-corrected chi connectivity index (χ0v) is 26.1. The number of imidazole rings is 1. The first-order valence-corrected chi connectivity index (χ1v) is 15.9. The summed E-state index contributed by atoms with van der Waals surface area (Å²) in [6.07, 6.45) is 0. The molecular formula is C43H32N2O. The van der Waals surface area contributed by atoms with Crippen molar-refractivity contribution in [3.05, 3.63) is 145 Å². The lowest BCUT2D eigenvalue weighted by Gasteiger charge is -2.23. The molecule has 3 nitrogen and oxygen atoms in total. The van der Waals surface area contributed by atoms with Gasteiger partial charge in [0.2, 0.25) is 0 Å². The molecule has 0 aliphatic carbocycles. The van der Waals surface area contributed by atoms with E-state index in [0.29, 0.717) is 0 Å². The van der Waals surface area contributed by atoms with Gasteiger partial charge >= 0.3 is 0 Å². The molecular weight excluding hydrogens is 560 g/mol. The summed E-state index contributed by atoms with van der Waals surface area (Å²) in [5.74, 6) is 0.863. The molecule has 9 rings (SSSR count). The highest BCUT2D eigenvalue weighted by molar-refractivity contribution is 6.17. The quantitative estimate of drug-likeness (QED) is 0.191. The van der Waals surface area contributed by atoms with Crippen molar-refractivity contribution in [3.8, 4) is 28.2 Å². The van der Waals surface area contributed by atoms with Crippen LogP contribution in [0.15, 0.2) is 144 Å². The number of nitrogens with zero attached hydrogens (tertiary/aromatic N) is 2. The number of aromatic nitrogens is 2. The average Bonchev–Trinajstić information content (AvgIpc) is 3.65. The number of furan rings is 1. The summed E-state index contributed by atoms with van der Waals surface area (Å²) in [6, 6.07) is 49.8. The standard InChI is InChI=1S/C43H32N2O/c1-43(2,3)30-22-23-38(35(25-30)27-12-5-4-6-13-27)45-39-19-10-9-18-37(39)44-42(45)33-17-11-16-32-36-24-29-21-20-28-14-7-8-15-31(28)34(29)26-40(36)46-41(32)33/h4-26H,1-3H3. The predicted octanol–water partition coefficient (Wildman–Crippen LogP) is 11.9. The summed E-state index contributed by atoms with van der Waals surface area (Å²) in [7, 11) is 0. The van der Waals surface area contributed by atoms with E-state index in [1.165, 1.54) is 38.2 Å². The number of para-hydroxylation sites is 3. The van der Waals surface area contributed by atoms with Crippen LogP contribution in [0.4, 0.5) is 0 Å². The number of benzene rings is 7. The highest BCUT2D eigenvalue weighted by atomic mass is 16.3. The second-order valence-corrected chi connectivity index (χ2v) is 13.2. The molecule has 0 saturated carbocycles. The fourth-order valence-corrected chi connectivity index (χ4v) is 6.97. The topological polar surface area (TPSA) is 31.0 Å². The lowest BCUT2D eigenvalue weighted by molar-refractivity contribution is 0.590. The van der Waals surface area contributed by atoms with Gasteiger partial charge in [0.25, 0.3) is 0 Å². The summed E-state index contributed by atoms with van der Waals surface area (Å²) in [4.78, 5) is 5.28. The van der Waals surface area contributed by atoms with Gasteiger partial charge in [0, 0.05) is 16.3 Å². The van der Waals surface area contributed by atoms with Crippen molar-refractivity contribution in [1.29, 1.82) is 0 Å². The summed E-state index contributed by atoms with van der Waals surface area (Å²) < 4.78 is 9.12. The number of fused-ring (bicyclic) bond motifs is 7. The lowest BCUT2D eigenvalue weighted by atomic mass is 9.85. The van der Waals surface area contributed by atoms with Crippen molar-refractivity contribution < 1.29 is 4.42 Å². The molecule has 2 heterocycles. The van der Waals surface area contributed by atoms with Gasteiger partial charge in [-0.3, -0.25) is 4.57 Å². The van der Waals surface area contributed by atoms with E-state index in [1.807, 2.05) is 0 Å².